The highest BCUT2D eigenvalue weighted by molar-refractivity contribution is 6.02. The van der Waals surface area contributed by atoms with Crippen LogP contribution in [0.1, 0.15) is 97.6 Å². The van der Waals surface area contributed by atoms with Gasteiger partial charge < -0.3 is 25.4 Å². The molecule has 1 aromatic rings. The number of amidine groups is 1. The van der Waals surface area contributed by atoms with Crippen LogP contribution in [-0.4, -0.2) is 72.0 Å². The minimum Gasteiger partial charge on any atom is -0.459 e. The summed E-state index contributed by atoms with van der Waals surface area (Å²) >= 11 is 0. The number of nitrogens with two attached hydrogens (primary N) is 1. The Labute approximate surface area is 256 Å². The Hall–Kier alpha value is -3.47. The van der Waals surface area contributed by atoms with Crippen molar-refractivity contribution >= 4 is 29.7 Å². The van der Waals surface area contributed by atoms with Gasteiger partial charge in [-0.2, -0.15) is 4.99 Å². The summed E-state index contributed by atoms with van der Waals surface area (Å²) in [7, 11) is 0. The molecule has 0 saturated carbocycles. The van der Waals surface area contributed by atoms with Gasteiger partial charge in [-0.1, -0.05) is 64.3 Å². The van der Waals surface area contributed by atoms with Gasteiger partial charge >= 0.3 is 12.1 Å². The molecule has 1 aliphatic rings. The van der Waals surface area contributed by atoms with Crippen molar-refractivity contribution in [2.24, 2.45) is 16.6 Å². The molecule has 11 nitrogen and oxygen atoms in total. The highest BCUT2D eigenvalue weighted by atomic mass is 16.6. The van der Waals surface area contributed by atoms with Crippen molar-refractivity contribution < 1.29 is 28.7 Å². The Bertz CT molecular complexity index is 1100. The van der Waals surface area contributed by atoms with E-state index in [0.29, 0.717) is 31.6 Å². The molecule has 0 aromatic heterocycles. The zero-order valence-corrected chi connectivity index (χ0v) is 26.7. The van der Waals surface area contributed by atoms with Crippen molar-refractivity contribution in [3.8, 4) is 0 Å². The first-order valence-electron chi connectivity index (χ1n) is 15.4. The largest absolute Gasteiger partial charge is 0.459 e. The number of nitrogens with zero attached hydrogens (tertiary/aromatic N) is 2. The predicted molar refractivity (Wildman–Crippen MR) is 166 cm³/mol. The van der Waals surface area contributed by atoms with Gasteiger partial charge in [0.25, 0.3) is 0 Å². The fourth-order valence-corrected chi connectivity index (χ4v) is 4.81. The summed E-state index contributed by atoms with van der Waals surface area (Å²) in [4.78, 5) is 56.3. The highest BCUT2D eigenvalue weighted by Crippen LogP contribution is 2.21. The van der Waals surface area contributed by atoms with Crippen LogP contribution in [0.15, 0.2) is 29.3 Å². The normalized spacial score (nSPS) is 16.2. The third-order valence-electron chi connectivity index (χ3n) is 6.91. The summed E-state index contributed by atoms with van der Waals surface area (Å²) in [6, 6.07) is 5.87. The van der Waals surface area contributed by atoms with Crippen LogP contribution in [0.25, 0.3) is 0 Å². The number of hydrogen-bond acceptors (Lipinski definition) is 7. The summed E-state index contributed by atoms with van der Waals surface area (Å²) in [5.41, 5.74) is 6.76. The van der Waals surface area contributed by atoms with E-state index in [1.165, 1.54) is 0 Å². The van der Waals surface area contributed by atoms with Gasteiger partial charge in [0.05, 0.1) is 19.2 Å². The molecule has 1 fully saturated rings. The predicted octanol–water partition coefficient (Wildman–Crippen LogP) is 4.06. The Morgan fingerprint density at radius 2 is 1.79 bits per heavy atom. The van der Waals surface area contributed by atoms with E-state index in [0.717, 1.165) is 37.7 Å². The standard InChI is InChI=1S/C32H51N5O6/c1-7-8-9-10-18-42-31(41)36-28(33)24-15-13-23(14-16-24)20-35-29(39)26-12-11-17-37(26)30(40)25(19-22(2)3)34-21-27(38)43-32(4,5)6/h13-16,22,25-26,34H,7-12,17-21H2,1-6H3,(H,35,39)(H2,33,36,41)/t25-,26+/m1/s1. The summed E-state index contributed by atoms with van der Waals surface area (Å²) in [6.45, 7) is 12.5. The lowest BCUT2D eigenvalue weighted by atomic mass is 10.0. The lowest BCUT2D eigenvalue weighted by molar-refractivity contribution is -0.154. The lowest BCUT2D eigenvalue weighted by Crippen LogP contribution is -2.53. The van der Waals surface area contributed by atoms with Gasteiger partial charge in [-0.05, 0) is 57.9 Å². The molecule has 1 aromatic carbocycles. The van der Waals surface area contributed by atoms with E-state index >= 15 is 0 Å². The Morgan fingerprint density at radius 3 is 2.42 bits per heavy atom. The van der Waals surface area contributed by atoms with Gasteiger partial charge in [-0.25, -0.2) is 4.79 Å². The average molecular weight is 602 g/mol. The Kier molecular flexibility index (Phi) is 14.6. The zero-order chi connectivity index (χ0) is 32.0. The van der Waals surface area contributed by atoms with Crippen molar-refractivity contribution in [1.82, 2.24) is 15.5 Å². The number of nitrogens with one attached hydrogen (secondary N) is 2. The molecule has 1 aliphatic heterocycles. The van der Waals surface area contributed by atoms with Crippen LogP contribution in [-0.2, 0) is 30.4 Å². The van der Waals surface area contributed by atoms with Crippen molar-refractivity contribution in [3.05, 3.63) is 35.4 Å². The maximum Gasteiger partial charge on any atom is 0.435 e. The second-order valence-corrected chi connectivity index (χ2v) is 12.4. The van der Waals surface area contributed by atoms with Crippen LogP contribution >= 0.6 is 0 Å². The number of esters is 1. The highest BCUT2D eigenvalue weighted by Gasteiger charge is 2.37. The Balaban J connectivity index is 1.93. The second kappa shape index (κ2) is 17.6. The number of amides is 3. The number of carbonyl (C=O) groups excluding carboxylic acids is 4. The number of carbonyl (C=O) groups is 4. The van der Waals surface area contributed by atoms with Gasteiger partial charge in [-0.15, -0.1) is 0 Å². The zero-order valence-electron chi connectivity index (χ0n) is 26.7. The van der Waals surface area contributed by atoms with E-state index in [-0.39, 0.29) is 36.7 Å². The summed E-state index contributed by atoms with van der Waals surface area (Å²) in [6.07, 6.45) is 5.11. The SMILES string of the molecule is CCCCCCOC(=O)N=C(N)c1ccc(CNC(=O)[C@@H]2CCCN2C(=O)[C@@H](CC(C)C)NCC(=O)OC(C)(C)C)cc1. The smallest absolute Gasteiger partial charge is 0.435 e. The quantitative estimate of drug-likeness (QED) is 0.118. The fraction of sp³-hybridized carbons (Fsp3) is 0.656. The lowest BCUT2D eigenvalue weighted by Gasteiger charge is -2.30. The van der Waals surface area contributed by atoms with Crippen LogP contribution in [0, 0.1) is 5.92 Å². The number of benzene rings is 1. The number of likely N-dealkylation sites (tertiary alicyclic amines) is 1. The van der Waals surface area contributed by atoms with E-state index in [9.17, 15) is 19.2 Å². The average Bonchev–Trinajstić information content (AvgIpc) is 3.43. The summed E-state index contributed by atoms with van der Waals surface area (Å²) < 4.78 is 10.5. The molecule has 0 aliphatic carbocycles. The minimum atomic E-state index is -0.711. The van der Waals surface area contributed by atoms with Gasteiger partial charge in [-0.3, -0.25) is 19.7 Å². The molecule has 0 radical (unpaired) electrons. The molecule has 0 spiro atoms. The molecular weight excluding hydrogens is 550 g/mol. The maximum absolute atomic E-state index is 13.5. The number of ether oxygens (including phenoxy) is 2. The van der Waals surface area contributed by atoms with Gasteiger partial charge in [0.15, 0.2) is 0 Å². The van der Waals surface area contributed by atoms with Crippen LogP contribution < -0.4 is 16.4 Å². The van der Waals surface area contributed by atoms with Crippen LogP contribution in [0.5, 0.6) is 0 Å². The second-order valence-electron chi connectivity index (χ2n) is 12.4. The maximum atomic E-state index is 13.5. The van der Waals surface area contributed by atoms with E-state index in [4.69, 9.17) is 15.2 Å². The fourth-order valence-electron chi connectivity index (χ4n) is 4.81. The Morgan fingerprint density at radius 1 is 1.09 bits per heavy atom. The monoisotopic (exact) mass is 601 g/mol. The molecule has 2 atom stereocenters. The van der Waals surface area contributed by atoms with E-state index < -0.39 is 29.7 Å². The van der Waals surface area contributed by atoms with Gasteiger partial charge in [0.1, 0.15) is 17.5 Å². The number of aliphatic imine (C=N–C) groups is 1. The molecule has 1 heterocycles. The third-order valence-corrected chi connectivity index (χ3v) is 6.91. The molecule has 11 heteroatoms. The molecule has 4 N–H and O–H groups in total. The van der Waals surface area contributed by atoms with E-state index in [1.807, 2.05) is 13.8 Å². The number of rotatable bonds is 15. The van der Waals surface area contributed by atoms with E-state index in [2.05, 4.69) is 22.5 Å². The van der Waals surface area contributed by atoms with Crippen molar-refractivity contribution in [1.29, 1.82) is 0 Å². The van der Waals surface area contributed by atoms with E-state index in [1.54, 1.807) is 49.9 Å². The third kappa shape index (κ3) is 13.1. The first kappa shape index (κ1) is 35.7. The van der Waals surface area contributed by atoms with Gasteiger partial charge in [0, 0.05) is 18.7 Å². The van der Waals surface area contributed by atoms with Gasteiger partial charge in [0.2, 0.25) is 11.8 Å². The molecule has 0 unspecified atom stereocenters. The molecule has 1 saturated heterocycles. The summed E-state index contributed by atoms with van der Waals surface area (Å²) in [5.74, 6) is -0.577. The molecule has 0 bridgehead atoms. The van der Waals surface area contributed by atoms with Crippen molar-refractivity contribution in [3.63, 3.8) is 0 Å². The molecule has 240 valence electrons. The minimum absolute atomic E-state index is 0.0606. The summed E-state index contributed by atoms with van der Waals surface area (Å²) in [5, 5.41) is 6.00. The molecule has 2 rings (SSSR count). The number of unbranched alkanes of at least 4 members (excludes halogenated alkanes) is 3. The molecule has 43 heavy (non-hydrogen) atoms. The first-order valence-corrected chi connectivity index (χ1v) is 15.4. The van der Waals surface area contributed by atoms with Crippen LogP contribution in [0.2, 0.25) is 0 Å². The first-order chi connectivity index (χ1) is 20.3. The molecular formula is C32H51N5O6. The molecule has 3 amide bonds. The topological polar surface area (TPSA) is 152 Å². The van der Waals surface area contributed by atoms with Crippen molar-refractivity contribution in [2.45, 2.75) is 111 Å². The number of hydrogen-bond donors (Lipinski definition) is 3. The van der Waals surface area contributed by atoms with Crippen LogP contribution in [0.4, 0.5) is 4.79 Å². The van der Waals surface area contributed by atoms with Crippen LogP contribution in [0.3, 0.4) is 0 Å². The van der Waals surface area contributed by atoms with Crippen molar-refractivity contribution in [2.75, 3.05) is 19.7 Å².